The lowest BCUT2D eigenvalue weighted by Crippen LogP contribution is -1.95. The fourth-order valence-electron chi connectivity index (χ4n) is 1.89. The number of hydrogen-bond donors (Lipinski definition) is 0. The number of hydrogen-bond acceptors (Lipinski definition) is 3. The lowest BCUT2D eigenvalue weighted by Gasteiger charge is -2.05. The lowest BCUT2D eigenvalue weighted by molar-refractivity contribution is 0.910. The van der Waals surface area contributed by atoms with Crippen LogP contribution in [0.15, 0.2) is 11.2 Å². The van der Waals surface area contributed by atoms with Crippen LogP contribution in [0.1, 0.15) is 30.0 Å². The molecule has 1 aromatic heterocycles. The van der Waals surface area contributed by atoms with Crippen LogP contribution in [0.25, 0.3) is 0 Å². The van der Waals surface area contributed by atoms with E-state index in [2.05, 4.69) is 18.0 Å². The summed E-state index contributed by atoms with van der Waals surface area (Å²) < 4.78 is 0. The highest BCUT2D eigenvalue weighted by Gasteiger charge is 2.18. The molecule has 1 heterocycles. The number of thioether (sulfide) groups is 1. The summed E-state index contributed by atoms with van der Waals surface area (Å²) in [6, 6.07) is 2.30. The molecule has 3 heteroatoms. The van der Waals surface area contributed by atoms with Crippen molar-refractivity contribution in [3.63, 3.8) is 0 Å². The molecule has 1 aliphatic carbocycles. The topological polar surface area (TPSA) is 36.7 Å². The Morgan fingerprint density at radius 3 is 3.14 bits per heavy atom. The molecule has 0 saturated carbocycles. The summed E-state index contributed by atoms with van der Waals surface area (Å²) in [6.45, 7) is 2.08. The number of pyridine rings is 1. The Kier molecular flexibility index (Phi) is 2.74. The Bertz CT molecular complexity index is 393. The Morgan fingerprint density at radius 2 is 2.43 bits per heavy atom. The van der Waals surface area contributed by atoms with Crippen molar-refractivity contribution in [2.24, 2.45) is 0 Å². The predicted molar refractivity (Wildman–Crippen MR) is 57.4 cm³/mol. The number of nitriles is 1. The van der Waals surface area contributed by atoms with Gasteiger partial charge in [0.1, 0.15) is 11.1 Å². The maximum atomic E-state index is 9.11. The van der Waals surface area contributed by atoms with Crippen molar-refractivity contribution >= 4 is 11.8 Å². The average molecular weight is 204 g/mol. The molecule has 0 aliphatic heterocycles. The molecule has 0 bridgehead atoms. The highest BCUT2D eigenvalue weighted by Crippen LogP contribution is 2.30. The first-order valence-corrected chi connectivity index (χ1v) is 5.89. The number of aromatic nitrogens is 1. The van der Waals surface area contributed by atoms with Gasteiger partial charge >= 0.3 is 0 Å². The Morgan fingerprint density at radius 1 is 1.57 bits per heavy atom. The summed E-state index contributed by atoms with van der Waals surface area (Å²) in [5.74, 6) is 0.973. The maximum absolute atomic E-state index is 9.11. The van der Waals surface area contributed by atoms with Crippen LogP contribution in [0, 0.1) is 11.3 Å². The summed E-state index contributed by atoms with van der Waals surface area (Å²) in [4.78, 5) is 4.35. The SMILES string of the molecule is CCSc1ncc2c(c1C#N)CCC2. The molecule has 14 heavy (non-hydrogen) atoms. The van der Waals surface area contributed by atoms with Gasteiger partial charge in [-0.25, -0.2) is 4.98 Å². The first kappa shape index (κ1) is 9.54. The van der Waals surface area contributed by atoms with Crippen LogP contribution in [-0.2, 0) is 12.8 Å². The summed E-state index contributed by atoms with van der Waals surface area (Å²) in [6.07, 6.45) is 5.26. The van der Waals surface area contributed by atoms with Crippen LogP contribution >= 0.6 is 11.8 Å². The molecular weight excluding hydrogens is 192 g/mol. The van der Waals surface area contributed by atoms with Crippen molar-refractivity contribution in [3.8, 4) is 6.07 Å². The number of fused-ring (bicyclic) bond motifs is 1. The molecule has 0 N–H and O–H groups in total. The van der Waals surface area contributed by atoms with Crippen molar-refractivity contribution in [1.29, 1.82) is 5.26 Å². The van der Waals surface area contributed by atoms with Gasteiger partial charge < -0.3 is 0 Å². The van der Waals surface area contributed by atoms with Gasteiger partial charge in [0.05, 0.1) is 5.56 Å². The monoisotopic (exact) mass is 204 g/mol. The van der Waals surface area contributed by atoms with Gasteiger partial charge in [0, 0.05) is 6.20 Å². The minimum atomic E-state index is 0.826. The van der Waals surface area contributed by atoms with Gasteiger partial charge in [-0.1, -0.05) is 6.92 Å². The largest absolute Gasteiger partial charge is 0.248 e. The van der Waals surface area contributed by atoms with E-state index in [9.17, 15) is 0 Å². The Balaban J connectivity index is 2.50. The van der Waals surface area contributed by atoms with Crippen LogP contribution in [0.3, 0.4) is 0 Å². The average Bonchev–Trinajstić information content (AvgIpc) is 2.66. The van der Waals surface area contributed by atoms with E-state index < -0.39 is 0 Å². The zero-order chi connectivity index (χ0) is 9.97. The van der Waals surface area contributed by atoms with E-state index in [-0.39, 0.29) is 0 Å². The van der Waals surface area contributed by atoms with Crippen LogP contribution < -0.4 is 0 Å². The fourth-order valence-corrected chi connectivity index (χ4v) is 2.60. The molecule has 0 unspecified atom stereocenters. The summed E-state index contributed by atoms with van der Waals surface area (Å²) >= 11 is 1.66. The van der Waals surface area contributed by atoms with Crippen molar-refractivity contribution in [2.45, 2.75) is 31.2 Å². The second kappa shape index (κ2) is 4.02. The van der Waals surface area contributed by atoms with Crippen molar-refractivity contribution in [1.82, 2.24) is 4.98 Å². The third-order valence-electron chi connectivity index (χ3n) is 2.51. The highest BCUT2D eigenvalue weighted by molar-refractivity contribution is 7.99. The van der Waals surface area contributed by atoms with Gasteiger partial charge in [-0.15, -0.1) is 11.8 Å². The minimum Gasteiger partial charge on any atom is -0.248 e. The zero-order valence-electron chi connectivity index (χ0n) is 8.21. The Hall–Kier alpha value is -1.01. The predicted octanol–water partition coefficient (Wildman–Crippen LogP) is 2.55. The van der Waals surface area contributed by atoms with Gasteiger partial charge in [-0.2, -0.15) is 5.26 Å². The van der Waals surface area contributed by atoms with E-state index in [0.29, 0.717) is 0 Å². The molecule has 0 aromatic carbocycles. The summed E-state index contributed by atoms with van der Waals surface area (Å²) in [5.41, 5.74) is 3.35. The third kappa shape index (κ3) is 1.51. The molecule has 0 atom stereocenters. The van der Waals surface area contributed by atoms with E-state index in [4.69, 9.17) is 5.26 Å². The fraction of sp³-hybridized carbons (Fsp3) is 0.455. The smallest absolute Gasteiger partial charge is 0.114 e. The molecule has 0 fully saturated rings. The van der Waals surface area contributed by atoms with Crippen LogP contribution in [0.5, 0.6) is 0 Å². The van der Waals surface area contributed by atoms with Gasteiger partial charge in [0.25, 0.3) is 0 Å². The molecule has 0 spiro atoms. The molecule has 2 nitrogen and oxygen atoms in total. The van der Waals surface area contributed by atoms with Crippen molar-refractivity contribution in [3.05, 3.63) is 22.9 Å². The molecule has 0 amide bonds. The van der Waals surface area contributed by atoms with E-state index in [0.717, 1.165) is 29.2 Å². The molecule has 0 radical (unpaired) electrons. The van der Waals surface area contributed by atoms with Crippen LogP contribution in [0.4, 0.5) is 0 Å². The maximum Gasteiger partial charge on any atom is 0.114 e. The van der Waals surface area contributed by atoms with E-state index in [1.807, 2.05) is 6.20 Å². The van der Waals surface area contributed by atoms with E-state index in [1.165, 1.54) is 17.5 Å². The lowest BCUT2D eigenvalue weighted by atomic mass is 10.1. The standard InChI is InChI=1S/C11H12N2S/c1-2-14-11-10(6-12)9-5-3-4-8(9)7-13-11/h7H,2-5H2,1H3. The first-order chi connectivity index (χ1) is 6.86. The molecule has 2 rings (SSSR count). The van der Waals surface area contributed by atoms with Gasteiger partial charge in [0.2, 0.25) is 0 Å². The zero-order valence-corrected chi connectivity index (χ0v) is 9.02. The normalized spacial score (nSPS) is 13.7. The van der Waals surface area contributed by atoms with E-state index in [1.54, 1.807) is 11.8 Å². The number of rotatable bonds is 2. The van der Waals surface area contributed by atoms with Gasteiger partial charge in [-0.3, -0.25) is 0 Å². The minimum absolute atomic E-state index is 0.826. The first-order valence-electron chi connectivity index (χ1n) is 4.90. The highest BCUT2D eigenvalue weighted by atomic mass is 32.2. The van der Waals surface area contributed by atoms with Gasteiger partial charge in [0.15, 0.2) is 0 Å². The quantitative estimate of drug-likeness (QED) is 0.695. The second-order valence-corrected chi connectivity index (χ2v) is 4.59. The molecule has 0 saturated heterocycles. The number of aryl methyl sites for hydroxylation is 1. The van der Waals surface area contributed by atoms with Crippen LogP contribution in [-0.4, -0.2) is 10.7 Å². The van der Waals surface area contributed by atoms with Crippen molar-refractivity contribution < 1.29 is 0 Å². The second-order valence-electron chi connectivity index (χ2n) is 3.34. The van der Waals surface area contributed by atoms with Gasteiger partial charge in [-0.05, 0) is 36.1 Å². The molecule has 72 valence electrons. The Labute approximate surface area is 88.4 Å². The summed E-state index contributed by atoms with van der Waals surface area (Å²) in [5, 5.41) is 10.0. The van der Waals surface area contributed by atoms with E-state index >= 15 is 0 Å². The summed E-state index contributed by atoms with van der Waals surface area (Å²) in [7, 11) is 0. The molecular formula is C11H12N2S. The number of nitrogens with zero attached hydrogens (tertiary/aromatic N) is 2. The molecule has 1 aliphatic rings. The van der Waals surface area contributed by atoms with Crippen LogP contribution in [0.2, 0.25) is 0 Å². The van der Waals surface area contributed by atoms with Crippen molar-refractivity contribution in [2.75, 3.05) is 5.75 Å². The molecule has 1 aromatic rings. The third-order valence-corrected chi connectivity index (χ3v) is 3.38.